The zero-order chi connectivity index (χ0) is 11.1. The van der Waals surface area contributed by atoms with Crippen molar-refractivity contribution in [3.05, 3.63) is 23.8 Å². The van der Waals surface area contributed by atoms with Crippen molar-refractivity contribution in [1.29, 1.82) is 5.26 Å². The quantitative estimate of drug-likeness (QED) is 0.342. The number of aliphatic hydroxyl groups is 1. The number of aliphatic hydroxyl groups excluding tert-OH is 1. The molecule has 0 amide bonds. The zero-order valence-electron chi connectivity index (χ0n) is 8.03. The van der Waals surface area contributed by atoms with Crippen molar-refractivity contribution in [2.45, 2.75) is 11.3 Å². The summed E-state index contributed by atoms with van der Waals surface area (Å²) in [5, 5.41) is 19.1. The molecule has 1 rings (SSSR count). The predicted octanol–water partition coefficient (Wildman–Crippen LogP) is 1.58. The van der Waals surface area contributed by atoms with E-state index < -0.39 is 0 Å². The smallest absolute Gasteiger partial charge is 0.138 e. The van der Waals surface area contributed by atoms with Gasteiger partial charge in [0.1, 0.15) is 5.40 Å². The molecule has 0 heterocycles. The average molecular weight is 218 g/mol. The maximum Gasteiger partial charge on any atom is 0.138 e. The summed E-state index contributed by atoms with van der Waals surface area (Å²) in [4.78, 5) is 0.819. The van der Waals surface area contributed by atoms with E-state index in [-0.39, 0.29) is 6.61 Å². The van der Waals surface area contributed by atoms with Gasteiger partial charge in [0.05, 0.1) is 6.61 Å². The minimum absolute atomic E-state index is 0.0412. The van der Waals surface area contributed by atoms with Crippen molar-refractivity contribution in [1.82, 2.24) is 0 Å². The summed E-state index contributed by atoms with van der Waals surface area (Å²) >= 11 is 1.07. The number of nitriles is 1. The van der Waals surface area contributed by atoms with Gasteiger partial charge in [-0.3, -0.25) is 0 Å². The topological polar surface area (TPSA) is 70.0 Å². The maximum absolute atomic E-state index is 8.57. The minimum atomic E-state index is 0.0412. The highest BCUT2D eigenvalue weighted by Gasteiger charge is 1.98. The molecule has 0 aromatic heterocycles. The number of thioether (sulfide) groups is 1. The molecule has 15 heavy (non-hydrogen) atoms. The summed E-state index contributed by atoms with van der Waals surface area (Å²) in [5.74, 6) is 5.64. The third kappa shape index (κ3) is 3.55. The maximum atomic E-state index is 8.57. The number of benzene rings is 1. The number of nitrogens with zero attached hydrogens (tertiary/aromatic N) is 1. The van der Waals surface area contributed by atoms with E-state index in [2.05, 4.69) is 11.8 Å². The Kier molecular flexibility index (Phi) is 4.56. The van der Waals surface area contributed by atoms with E-state index >= 15 is 0 Å². The zero-order valence-corrected chi connectivity index (χ0v) is 8.84. The van der Waals surface area contributed by atoms with Crippen molar-refractivity contribution in [2.75, 3.05) is 12.3 Å². The van der Waals surface area contributed by atoms with E-state index in [9.17, 15) is 0 Å². The predicted molar refractivity (Wildman–Crippen MR) is 60.9 cm³/mol. The van der Waals surface area contributed by atoms with Crippen molar-refractivity contribution < 1.29 is 5.11 Å². The lowest BCUT2D eigenvalue weighted by Gasteiger charge is -1.99. The molecule has 3 nitrogen and oxygen atoms in total. The van der Waals surface area contributed by atoms with Gasteiger partial charge in [0.15, 0.2) is 0 Å². The molecular weight excluding hydrogens is 208 g/mol. The van der Waals surface area contributed by atoms with Crippen LogP contribution in [0.1, 0.15) is 12.0 Å². The third-order valence-electron chi connectivity index (χ3n) is 1.65. The second kappa shape index (κ2) is 5.98. The third-order valence-corrected chi connectivity index (χ3v) is 2.23. The number of anilines is 1. The van der Waals surface area contributed by atoms with E-state index in [0.717, 1.165) is 16.7 Å². The van der Waals surface area contributed by atoms with Crippen LogP contribution in [0.5, 0.6) is 0 Å². The molecule has 0 aliphatic heterocycles. The number of hydrogen-bond acceptors (Lipinski definition) is 4. The Morgan fingerprint density at radius 3 is 2.93 bits per heavy atom. The van der Waals surface area contributed by atoms with Gasteiger partial charge in [-0.15, -0.1) is 0 Å². The molecule has 0 fully saturated rings. The molecule has 0 saturated heterocycles. The highest BCUT2D eigenvalue weighted by molar-refractivity contribution is 8.03. The largest absolute Gasteiger partial charge is 0.398 e. The van der Waals surface area contributed by atoms with E-state index in [1.54, 1.807) is 18.2 Å². The van der Waals surface area contributed by atoms with Crippen molar-refractivity contribution in [2.24, 2.45) is 0 Å². The Hall–Kier alpha value is -1.62. The van der Waals surface area contributed by atoms with Gasteiger partial charge < -0.3 is 10.8 Å². The first-order valence-corrected chi connectivity index (χ1v) is 5.14. The van der Waals surface area contributed by atoms with E-state index in [1.165, 1.54) is 0 Å². The van der Waals surface area contributed by atoms with Gasteiger partial charge in [-0.05, 0) is 30.0 Å². The van der Waals surface area contributed by atoms with Crippen LogP contribution in [0, 0.1) is 22.5 Å². The SMILES string of the molecule is N#CSc1ccc(N)c(C#CCCO)c1. The lowest BCUT2D eigenvalue weighted by molar-refractivity contribution is 0.305. The Labute approximate surface area is 92.9 Å². The molecule has 0 aliphatic rings. The Morgan fingerprint density at radius 1 is 1.47 bits per heavy atom. The normalized spacial score (nSPS) is 8.80. The monoisotopic (exact) mass is 218 g/mol. The van der Waals surface area contributed by atoms with Crippen LogP contribution in [0.2, 0.25) is 0 Å². The van der Waals surface area contributed by atoms with Crippen LogP contribution in [0.15, 0.2) is 23.1 Å². The molecule has 1 aromatic rings. The molecule has 76 valence electrons. The van der Waals surface area contributed by atoms with Gasteiger partial charge >= 0.3 is 0 Å². The second-order valence-electron chi connectivity index (χ2n) is 2.72. The van der Waals surface area contributed by atoms with Gasteiger partial charge in [-0.1, -0.05) is 11.8 Å². The number of nitrogen functional groups attached to an aromatic ring is 1. The van der Waals surface area contributed by atoms with E-state index in [0.29, 0.717) is 17.7 Å². The fourth-order valence-corrected chi connectivity index (χ4v) is 1.39. The number of rotatable bonds is 2. The van der Waals surface area contributed by atoms with Crippen LogP contribution in [0.3, 0.4) is 0 Å². The van der Waals surface area contributed by atoms with Gasteiger partial charge in [-0.25, -0.2) is 0 Å². The number of thiocyanates is 1. The molecule has 0 saturated carbocycles. The van der Waals surface area contributed by atoms with Gasteiger partial charge in [-0.2, -0.15) is 5.26 Å². The molecule has 0 unspecified atom stereocenters. The number of nitrogens with two attached hydrogens (primary N) is 1. The molecule has 1 aromatic carbocycles. The molecule has 0 aliphatic carbocycles. The summed E-state index contributed by atoms with van der Waals surface area (Å²) in [5.41, 5.74) is 6.99. The van der Waals surface area contributed by atoms with Gasteiger partial charge in [0.25, 0.3) is 0 Å². The minimum Gasteiger partial charge on any atom is -0.398 e. The van der Waals surface area contributed by atoms with Crippen LogP contribution in [-0.2, 0) is 0 Å². The average Bonchev–Trinajstić information content (AvgIpc) is 2.23. The van der Waals surface area contributed by atoms with Crippen molar-refractivity contribution in [3.8, 4) is 17.2 Å². The standard InChI is InChI=1S/C11H10N2OS/c12-8-15-10-4-5-11(13)9(7-10)3-1-2-6-14/h4-5,7,14H,2,6,13H2. The first-order chi connectivity index (χ1) is 7.27. The summed E-state index contributed by atoms with van der Waals surface area (Å²) in [6, 6.07) is 5.27. The molecule has 0 bridgehead atoms. The van der Waals surface area contributed by atoms with E-state index in [1.807, 2.05) is 5.40 Å². The highest BCUT2D eigenvalue weighted by atomic mass is 32.2. The van der Waals surface area contributed by atoms with Crippen LogP contribution in [0.25, 0.3) is 0 Å². The lowest BCUT2D eigenvalue weighted by atomic mass is 10.2. The Morgan fingerprint density at radius 2 is 2.27 bits per heavy atom. The Balaban J connectivity index is 2.92. The fraction of sp³-hybridized carbons (Fsp3) is 0.182. The second-order valence-corrected chi connectivity index (χ2v) is 3.58. The van der Waals surface area contributed by atoms with Crippen LogP contribution in [-0.4, -0.2) is 11.7 Å². The van der Waals surface area contributed by atoms with Crippen molar-refractivity contribution in [3.63, 3.8) is 0 Å². The van der Waals surface area contributed by atoms with E-state index in [4.69, 9.17) is 16.1 Å². The van der Waals surface area contributed by atoms with Crippen LogP contribution in [0.4, 0.5) is 5.69 Å². The molecule has 4 heteroatoms. The molecular formula is C11H10N2OS. The Bertz CT molecular complexity index is 440. The molecule has 3 N–H and O–H groups in total. The summed E-state index contributed by atoms with van der Waals surface area (Å²) in [7, 11) is 0. The molecule has 0 spiro atoms. The summed E-state index contributed by atoms with van der Waals surface area (Å²) < 4.78 is 0. The molecule has 0 radical (unpaired) electrons. The summed E-state index contributed by atoms with van der Waals surface area (Å²) in [6.45, 7) is 0.0412. The van der Waals surface area contributed by atoms with Gasteiger partial charge in [0.2, 0.25) is 0 Å². The fourth-order valence-electron chi connectivity index (χ4n) is 0.973. The van der Waals surface area contributed by atoms with Crippen molar-refractivity contribution >= 4 is 17.4 Å². The van der Waals surface area contributed by atoms with Crippen LogP contribution >= 0.6 is 11.8 Å². The first kappa shape index (κ1) is 11.5. The summed E-state index contributed by atoms with van der Waals surface area (Å²) in [6.07, 6.45) is 0.426. The van der Waals surface area contributed by atoms with Gasteiger partial charge in [0, 0.05) is 22.6 Å². The lowest BCUT2D eigenvalue weighted by Crippen LogP contribution is -1.90. The highest BCUT2D eigenvalue weighted by Crippen LogP contribution is 2.21. The van der Waals surface area contributed by atoms with Crippen LogP contribution < -0.4 is 5.73 Å². The molecule has 0 atom stereocenters. The number of hydrogen-bond donors (Lipinski definition) is 2. The first-order valence-electron chi connectivity index (χ1n) is 4.33.